The van der Waals surface area contributed by atoms with Gasteiger partial charge in [-0.15, -0.1) is 0 Å². The number of benzene rings is 4. The van der Waals surface area contributed by atoms with Gasteiger partial charge in [-0.3, -0.25) is 13.3 Å². The van der Waals surface area contributed by atoms with Gasteiger partial charge in [0.25, 0.3) is 0 Å². The smallest absolute Gasteiger partial charge is 0.224 e. The lowest BCUT2D eigenvalue weighted by Crippen LogP contribution is -2.27. The molecule has 4 rings (SSSR count). The van der Waals surface area contributed by atoms with Crippen molar-refractivity contribution in [2.75, 3.05) is 18.0 Å². The van der Waals surface area contributed by atoms with Crippen LogP contribution in [0.1, 0.15) is 22.3 Å². The number of nitrogens with zero attached hydrogens (tertiary/aromatic N) is 1. The van der Waals surface area contributed by atoms with E-state index in [2.05, 4.69) is 37.2 Å². The first-order valence-electron chi connectivity index (χ1n) is 12.8. The predicted molar refractivity (Wildman–Crippen MR) is 168 cm³/mol. The summed E-state index contributed by atoms with van der Waals surface area (Å²) in [5, 5.41) is 2.96. The van der Waals surface area contributed by atoms with E-state index in [0.717, 1.165) is 31.2 Å². The van der Waals surface area contributed by atoms with E-state index in [-0.39, 0.29) is 18.9 Å². The summed E-state index contributed by atoms with van der Waals surface area (Å²) >= 11 is 4.35. The van der Waals surface area contributed by atoms with Crippen molar-refractivity contribution in [3.05, 3.63) is 116 Å². The minimum Gasteiger partial charge on any atom is -0.755 e. The first-order chi connectivity index (χ1) is 19.7. The van der Waals surface area contributed by atoms with Crippen LogP contribution < -0.4 is 19.1 Å². The summed E-state index contributed by atoms with van der Waals surface area (Å²) < 4.78 is 39.0. The maximum Gasteiger partial charge on any atom is 0.224 e. The van der Waals surface area contributed by atoms with Crippen LogP contribution >= 0.6 is 31.9 Å². The second kappa shape index (κ2) is 14.6. The Labute approximate surface area is 259 Å². The number of anilines is 2. The monoisotopic (exact) mass is 699 g/mol. The molecule has 1 amide bonds. The zero-order valence-corrected chi connectivity index (χ0v) is 26.6. The maximum absolute atomic E-state index is 12.6. The standard InChI is InChI=1S/C31H30Br2N2O5S/c1-21-8-11-25(12-9-21)35(41(37)38)28-13-10-22(18-29(28)40-20-23-6-4-3-5-7-23)14-15-34-30(36)19-24-16-26(32)31(39-2)27(33)17-24/h3-13,16-18H,14-15,19-20H2,1-2H3,(H,34,36)(H,37,38)/p-1. The maximum atomic E-state index is 12.6. The number of methoxy groups -OCH3 is 1. The first kappa shape index (κ1) is 30.8. The molecule has 4 aromatic carbocycles. The molecule has 1 N–H and O–H groups in total. The molecule has 214 valence electrons. The summed E-state index contributed by atoms with van der Waals surface area (Å²) in [4.78, 5) is 12.6. The Morgan fingerprint density at radius 2 is 1.61 bits per heavy atom. The molecule has 0 bridgehead atoms. The zero-order valence-electron chi connectivity index (χ0n) is 22.6. The third kappa shape index (κ3) is 8.42. The summed E-state index contributed by atoms with van der Waals surface area (Å²) in [6.07, 6.45) is 0.751. The number of carbonyl (C=O) groups is 1. The number of ether oxygens (including phenoxy) is 2. The van der Waals surface area contributed by atoms with Crippen LogP contribution in [0.4, 0.5) is 11.4 Å². The van der Waals surface area contributed by atoms with Crippen LogP contribution in [0, 0.1) is 6.92 Å². The van der Waals surface area contributed by atoms with E-state index in [1.807, 2.05) is 73.7 Å². The van der Waals surface area contributed by atoms with Crippen LogP contribution in [0.3, 0.4) is 0 Å². The van der Waals surface area contributed by atoms with E-state index in [4.69, 9.17) is 9.47 Å². The van der Waals surface area contributed by atoms with Gasteiger partial charge in [0.2, 0.25) is 5.91 Å². The van der Waals surface area contributed by atoms with Crippen LogP contribution in [0.2, 0.25) is 0 Å². The number of hydrogen-bond donors (Lipinski definition) is 1. The molecule has 4 aromatic rings. The molecule has 0 fully saturated rings. The second-order valence-electron chi connectivity index (χ2n) is 9.29. The van der Waals surface area contributed by atoms with Crippen molar-refractivity contribution >= 4 is 60.4 Å². The first-order valence-corrected chi connectivity index (χ1v) is 15.4. The molecule has 0 aliphatic heterocycles. The third-order valence-corrected chi connectivity index (χ3v) is 8.14. The number of nitrogens with one attached hydrogen (secondary N) is 1. The highest BCUT2D eigenvalue weighted by molar-refractivity contribution is 9.11. The SMILES string of the molecule is COc1c(Br)cc(CC(=O)NCCc2ccc(N(c3ccc(C)cc3)S(=O)[O-])c(OCc3ccccc3)c2)cc1Br. The van der Waals surface area contributed by atoms with E-state index < -0.39 is 11.3 Å². The Balaban J connectivity index is 1.49. The van der Waals surface area contributed by atoms with Crippen molar-refractivity contribution in [3.63, 3.8) is 0 Å². The van der Waals surface area contributed by atoms with Crippen molar-refractivity contribution in [3.8, 4) is 11.5 Å². The van der Waals surface area contributed by atoms with E-state index in [9.17, 15) is 13.6 Å². The van der Waals surface area contributed by atoms with Crippen LogP contribution in [0.25, 0.3) is 0 Å². The van der Waals surface area contributed by atoms with Gasteiger partial charge < -0.3 is 19.3 Å². The van der Waals surface area contributed by atoms with E-state index in [0.29, 0.717) is 35.8 Å². The van der Waals surface area contributed by atoms with E-state index in [1.165, 1.54) is 4.31 Å². The number of aryl methyl sites for hydroxylation is 1. The highest BCUT2D eigenvalue weighted by Crippen LogP contribution is 2.37. The molecule has 0 aromatic heterocycles. The number of rotatable bonds is 12. The molecular formula is C31H29Br2N2O5S-. The van der Waals surface area contributed by atoms with Crippen molar-refractivity contribution in [2.24, 2.45) is 0 Å². The second-order valence-corrected chi connectivity index (χ2v) is 11.8. The van der Waals surface area contributed by atoms with Gasteiger partial charge in [-0.2, -0.15) is 0 Å². The molecule has 0 aliphatic carbocycles. The van der Waals surface area contributed by atoms with Gasteiger partial charge in [-0.05, 0) is 98.3 Å². The van der Waals surface area contributed by atoms with Gasteiger partial charge in [0.1, 0.15) is 18.1 Å². The van der Waals surface area contributed by atoms with Crippen LogP contribution in [-0.2, 0) is 35.5 Å². The van der Waals surface area contributed by atoms with Gasteiger partial charge >= 0.3 is 0 Å². The molecule has 7 nitrogen and oxygen atoms in total. The lowest BCUT2D eigenvalue weighted by molar-refractivity contribution is -0.120. The molecule has 0 radical (unpaired) electrons. The largest absolute Gasteiger partial charge is 0.755 e. The van der Waals surface area contributed by atoms with Crippen LogP contribution in [-0.4, -0.2) is 28.3 Å². The average molecular weight is 701 g/mol. The fourth-order valence-corrected chi connectivity index (χ4v) is 6.43. The van der Waals surface area contributed by atoms with E-state index in [1.54, 1.807) is 25.3 Å². The lowest BCUT2D eigenvalue weighted by atomic mass is 10.1. The third-order valence-electron chi connectivity index (χ3n) is 6.26. The minimum absolute atomic E-state index is 0.113. The molecule has 0 saturated heterocycles. The van der Waals surface area contributed by atoms with Crippen molar-refractivity contribution < 1.29 is 23.0 Å². The molecule has 0 saturated carbocycles. The Morgan fingerprint density at radius 3 is 2.24 bits per heavy atom. The Bertz CT molecular complexity index is 1490. The average Bonchev–Trinajstić information content (AvgIpc) is 2.94. The normalized spacial score (nSPS) is 11.5. The Morgan fingerprint density at radius 1 is 0.927 bits per heavy atom. The number of halogens is 2. The van der Waals surface area contributed by atoms with Crippen molar-refractivity contribution in [1.29, 1.82) is 0 Å². The fraction of sp³-hybridized carbons (Fsp3) is 0.194. The Hall–Kier alpha value is -3.18. The molecule has 1 atom stereocenters. The van der Waals surface area contributed by atoms with Gasteiger partial charge in [-0.1, -0.05) is 54.1 Å². The number of amides is 1. The highest BCUT2D eigenvalue weighted by Gasteiger charge is 2.17. The molecule has 0 aliphatic rings. The van der Waals surface area contributed by atoms with Crippen molar-refractivity contribution in [1.82, 2.24) is 5.32 Å². The van der Waals surface area contributed by atoms with Crippen LogP contribution in [0.15, 0.2) is 93.9 Å². The molecule has 10 heteroatoms. The summed E-state index contributed by atoms with van der Waals surface area (Å²) in [5.74, 6) is 0.985. The fourth-order valence-electron chi connectivity index (χ4n) is 4.22. The Kier molecular flexibility index (Phi) is 11.0. The predicted octanol–water partition coefficient (Wildman–Crippen LogP) is 6.94. The van der Waals surface area contributed by atoms with Crippen molar-refractivity contribution in [2.45, 2.75) is 26.4 Å². The van der Waals surface area contributed by atoms with Gasteiger partial charge in [0.15, 0.2) is 0 Å². The van der Waals surface area contributed by atoms with Gasteiger partial charge in [0.05, 0.1) is 45.1 Å². The quantitative estimate of drug-likeness (QED) is 0.162. The lowest BCUT2D eigenvalue weighted by Gasteiger charge is -2.28. The molecule has 1 unspecified atom stereocenters. The number of carbonyl (C=O) groups excluding carboxylic acids is 1. The molecule has 0 heterocycles. The summed E-state index contributed by atoms with van der Waals surface area (Å²) in [7, 11) is 1.59. The van der Waals surface area contributed by atoms with Gasteiger partial charge in [0, 0.05) is 6.54 Å². The topological polar surface area (TPSA) is 90.9 Å². The van der Waals surface area contributed by atoms with E-state index >= 15 is 0 Å². The highest BCUT2D eigenvalue weighted by atomic mass is 79.9. The van der Waals surface area contributed by atoms with Crippen LogP contribution in [0.5, 0.6) is 11.5 Å². The van der Waals surface area contributed by atoms with Gasteiger partial charge in [-0.25, -0.2) is 0 Å². The molecule has 0 spiro atoms. The minimum atomic E-state index is -2.58. The molecular weight excluding hydrogens is 672 g/mol. The summed E-state index contributed by atoms with van der Waals surface area (Å²) in [6.45, 7) is 2.62. The summed E-state index contributed by atoms with van der Waals surface area (Å²) in [6, 6.07) is 26.0. The molecule has 41 heavy (non-hydrogen) atoms. The summed E-state index contributed by atoms with van der Waals surface area (Å²) in [5.41, 5.74) is 4.62. The number of hydrogen-bond acceptors (Lipinski definition) is 5. The zero-order chi connectivity index (χ0) is 29.4.